The van der Waals surface area contributed by atoms with Crippen LogP contribution in [0.2, 0.25) is 0 Å². The summed E-state index contributed by atoms with van der Waals surface area (Å²) in [5.74, 6) is 0. The van der Waals surface area contributed by atoms with Crippen molar-refractivity contribution in [1.82, 2.24) is 0 Å². The standard InChI is InChI=1S/C11H16/c1-4-6-11-8-10(5-2)7-9(11)3/h4,7H,1,5-6,8H2,2-3H3. The first kappa shape index (κ1) is 8.32. The van der Waals surface area contributed by atoms with Crippen LogP contribution in [-0.4, -0.2) is 0 Å². The maximum Gasteiger partial charge on any atom is -0.00965 e. The van der Waals surface area contributed by atoms with Gasteiger partial charge in [-0.25, -0.2) is 0 Å². The molecule has 0 heteroatoms. The smallest absolute Gasteiger partial charge is 0.00965 e. The van der Waals surface area contributed by atoms with Gasteiger partial charge in [0.15, 0.2) is 0 Å². The van der Waals surface area contributed by atoms with Crippen LogP contribution in [0.4, 0.5) is 0 Å². The lowest BCUT2D eigenvalue weighted by atomic mass is 10.1. The van der Waals surface area contributed by atoms with Crippen molar-refractivity contribution in [2.75, 3.05) is 0 Å². The molecule has 0 heterocycles. The molecule has 0 aromatic heterocycles. The zero-order valence-electron chi connectivity index (χ0n) is 7.48. The van der Waals surface area contributed by atoms with Crippen molar-refractivity contribution in [1.29, 1.82) is 0 Å². The third-order valence-corrected chi connectivity index (χ3v) is 2.26. The van der Waals surface area contributed by atoms with E-state index in [-0.39, 0.29) is 0 Å². The molecule has 0 aliphatic heterocycles. The summed E-state index contributed by atoms with van der Waals surface area (Å²) >= 11 is 0. The Balaban J connectivity index is 2.62. The minimum Gasteiger partial charge on any atom is -0.103 e. The van der Waals surface area contributed by atoms with E-state index in [0.29, 0.717) is 0 Å². The highest BCUT2D eigenvalue weighted by atomic mass is 14.1. The lowest BCUT2D eigenvalue weighted by Gasteiger charge is -1.99. The van der Waals surface area contributed by atoms with E-state index in [4.69, 9.17) is 0 Å². The summed E-state index contributed by atoms with van der Waals surface area (Å²) in [5, 5.41) is 0. The van der Waals surface area contributed by atoms with E-state index in [0.717, 1.165) is 6.42 Å². The molecule has 0 aromatic rings. The molecule has 0 N–H and O–H groups in total. The fourth-order valence-electron chi connectivity index (χ4n) is 1.51. The Morgan fingerprint density at radius 1 is 1.64 bits per heavy atom. The van der Waals surface area contributed by atoms with Crippen molar-refractivity contribution in [3.63, 3.8) is 0 Å². The van der Waals surface area contributed by atoms with Gasteiger partial charge in [-0.05, 0) is 26.2 Å². The van der Waals surface area contributed by atoms with E-state index in [1.54, 1.807) is 11.1 Å². The zero-order valence-corrected chi connectivity index (χ0v) is 7.48. The molecule has 0 bridgehead atoms. The number of allylic oxidation sites excluding steroid dienone is 5. The Kier molecular flexibility index (Phi) is 2.70. The van der Waals surface area contributed by atoms with Crippen LogP contribution < -0.4 is 0 Å². The molecule has 0 saturated heterocycles. The lowest BCUT2D eigenvalue weighted by molar-refractivity contribution is 0.987. The summed E-state index contributed by atoms with van der Waals surface area (Å²) in [6.45, 7) is 8.17. The van der Waals surface area contributed by atoms with Gasteiger partial charge in [0.25, 0.3) is 0 Å². The normalized spacial score (nSPS) is 17.1. The van der Waals surface area contributed by atoms with Gasteiger partial charge in [0.2, 0.25) is 0 Å². The van der Waals surface area contributed by atoms with Gasteiger partial charge >= 0.3 is 0 Å². The highest BCUT2D eigenvalue weighted by Gasteiger charge is 2.09. The van der Waals surface area contributed by atoms with Gasteiger partial charge < -0.3 is 0 Å². The number of hydrogen-bond donors (Lipinski definition) is 0. The maximum absolute atomic E-state index is 3.75. The average molecular weight is 148 g/mol. The summed E-state index contributed by atoms with van der Waals surface area (Å²) in [6, 6.07) is 0. The van der Waals surface area contributed by atoms with Gasteiger partial charge in [0.05, 0.1) is 0 Å². The first-order valence-electron chi connectivity index (χ1n) is 4.27. The van der Waals surface area contributed by atoms with Crippen molar-refractivity contribution < 1.29 is 0 Å². The SMILES string of the molecule is C=CCC1=C(C)C=C(CC)C1. The van der Waals surface area contributed by atoms with E-state index in [9.17, 15) is 0 Å². The van der Waals surface area contributed by atoms with Crippen LogP contribution in [0.3, 0.4) is 0 Å². The minimum absolute atomic E-state index is 1.06. The molecule has 1 aliphatic rings. The van der Waals surface area contributed by atoms with Gasteiger partial charge in [0.1, 0.15) is 0 Å². The second kappa shape index (κ2) is 3.56. The highest BCUT2D eigenvalue weighted by molar-refractivity contribution is 5.38. The predicted molar refractivity (Wildman–Crippen MR) is 50.5 cm³/mol. The average Bonchev–Trinajstić information content (AvgIpc) is 2.33. The Hall–Kier alpha value is -0.780. The third-order valence-electron chi connectivity index (χ3n) is 2.26. The molecule has 0 saturated carbocycles. The molecule has 0 unspecified atom stereocenters. The second-order valence-corrected chi connectivity index (χ2v) is 3.11. The van der Waals surface area contributed by atoms with Crippen molar-refractivity contribution in [3.05, 3.63) is 35.5 Å². The summed E-state index contributed by atoms with van der Waals surface area (Å²) in [7, 11) is 0. The molecular formula is C11H16. The molecule has 0 spiro atoms. The Morgan fingerprint density at radius 3 is 2.82 bits per heavy atom. The van der Waals surface area contributed by atoms with Gasteiger partial charge in [-0.1, -0.05) is 35.8 Å². The van der Waals surface area contributed by atoms with Crippen molar-refractivity contribution in [2.45, 2.75) is 33.1 Å². The molecule has 1 rings (SSSR count). The van der Waals surface area contributed by atoms with Crippen LogP contribution in [0, 0.1) is 0 Å². The molecule has 1 aliphatic carbocycles. The monoisotopic (exact) mass is 148 g/mol. The topological polar surface area (TPSA) is 0 Å². The minimum atomic E-state index is 1.06. The van der Waals surface area contributed by atoms with Crippen LogP contribution in [0.5, 0.6) is 0 Å². The summed E-state index contributed by atoms with van der Waals surface area (Å²) in [4.78, 5) is 0. The van der Waals surface area contributed by atoms with Crippen LogP contribution in [0.25, 0.3) is 0 Å². The molecular weight excluding hydrogens is 132 g/mol. The van der Waals surface area contributed by atoms with E-state index in [2.05, 4.69) is 26.5 Å². The fraction of sp³-hybridized carbons (Fsp3) is 0.455. The molecule has 0 atom stereocenters. The van der Waals surface area contributed by atoms with E-state index in [1.807, 2.05) is 6.08 Å². The van der Waals surface area contributed by atoms with Gasteiger partial charge in [-0.15, -0.1) is 6.58 Å². The Labute approximate surface area is 69.3 Å². The quantitative estimate of drug-likeness (QED) is 0.536. The first-order chi connectivity index (χ1) is 5.27. The van der Waals surface area contributed by atoms with Gasteiger partial charge in [-0.3, -0.25) is 0 Å². The molecule has 0 nitrogen and oxygen atoms in total. The summed E-state index contributed by atoms with van der Waals surface area (Å²) in [5.41, 5.74) is 4.58. The van der Waals surface area contributed by atoms with Crippen molar-refractivity contribution in [3.8, 4) is 0 Å². The fourth-order valence-corrected chi connectivity index (χ4v) is 1.51. The summed E-state index contributed by atoms with van der Waals surface area (Å²) < 4.78 is 0. The van der Waals surface area contributed by atoms with Crippen molar-refractivity contribution >= 4 is 0 Å². The van der Waals surface area contributed by atoms with Crippen LogP contribution in [-0.2, 0) is 0 Å². The first-order valence-corrected chi connectivity index (χ1v) is 4.27. The zero-order chi connectivity index (χ0) is 8.27. The lowest BCUT2D eigenvalue weighted by Crippen LogP contribution is -1.80. The molecule has 0 radical (unpaired) electrons. The van der Waals surface area contributed by atoms with Gasteiger partial charge in [-0.2, -0.15) is 0 Å². The maximum atomic E-state index is 3.75. The third kappa shape index (κ3) is 1.83. The van der Waals surface area contributed by atoms with Crippen molar-refractivity contribution in [2.24, 2.45) is 0 Å². The molecule has 0 fully saturated rings. The number of hydrogen-bond acceptors (Lipinski definition) is 0. The van der Waals surface area contributed by atoms with E-state index < -0.39 is 0 Å². The number of rotatable bonds is 3. The highest BCUT2D eigenvalue weighted by Crippen LogP contribution is 2.29. The molecule has 0 amide bonds. The van der Waals surface area contributed by atoms with E-state index in [1.165, 1.54) is 18.4 Å². The Bertz CT molecular complexity index is 216. The predicted octanol–water partition coefficient (Wildman–Crippen LogP) is 3.62. The summed E-state index contributed by atoms with van der Waals surface area (Å²) in [6.07, 6.45) is 7.75. The molecule has 60 valence electrons. The largest absolute Gasteiger partial charge is 0.103 e. The van der Waals surface area contributed by atoms with E-state index >= 15 is 0 Å². The van der Waals surface area contributed by atoms with Crippen LogP contribution >= 0.6 is 0 Å². The molecule has 0 aromatic carbocycles. The second-order valence-electron chi connectivity index (χ2n) is 3.11. The molecule has 11 heavy (non-hydrogen) atoms. The Morgan fingerprint density at radius 2 is 2.36 bits per heavy atom. The van der Waals surface area contributed by atoms with Gasteiger partial charge in [0, 0.05) is 0 Å². The van der Waals surface area contributed by atoms with Crippen LogP contribution in [0.1, 0.15) is 33.1 Å². The van der Waals surface area contributed by atoms with Crippen LogP contribution in [0.15, 0.2) is 35.5 Å².